The van der Waals surface area contributed by atoms with Crippen LogP contribution >= 0.6 is 0 Å². The maximum Gasteiger partial charge on any atom is 0.243 e. The Hall–Kier alpha value is -0.910. The minimum absolute atomic E-state index is 0.158. The highest BCUT2D eigenvalue weighted by Gasteiger charge is 2.43. The summed E-state index contributed by atoms with van der Waals surface area (Å²) in [5, 5.41) is 0. The summed E-state index contributed by atoms with van der Waals surface area (Å²) < 4.78 is 27.2. The molecule has 2 aliphatic rings. The van der Waals surface area contributed by atoms with Gasteiger partial charge in [-0.3, -0.25) is 0 Å². The number of aryl methyl sites for hydroxylation is 1. The predicted octanol–water partition coefficient (Wildman–Crippen LogP) is 1.74. The van der Waals surface area contributed by atoms with Crippen LogP contribution in [-0.2, 0) is 10.0 Å². The van der Waals surface area contributed by atoms with Gasteiger partial charge in [0.05, 0.1) is 4.90 Å². The van der Waals surface area contributed by atoms with Crippen LogP contribution in [0.2, 0.25) is 0 Å². The van der Waals surface area contributed by atoms with E-state index in [1.54, 1.807) is 16.4 Å². The Labute approximate surface area is 121 Å². The number of fused-ring (bicyclic) bond motifs is 1. The quantitative estimate of drug-likeness (QED) is 0.903. The van der Waals surface area contributed by atoms with Crippen LogP contribution in [0.5, 0.6) is 0 Å². The van der Waals surface area contributed by atoms with Crippen LogP contribution in [0, 0.1) is 18.8 Å². The van der Waals surface area contributed by atoms with E-state index in [1.807, 2.05) is 19.1 Å². The summed E-state index contributed by atoms with van der Waals surface area (Å²) in [4.78, 5) is 0.437. The Kier molecular flexibility index (Phi) is 3.60. The summed E-state index contributed by atoms with van der Waals surface area (Å²) in [6.07, 6.45) is 3.26. The van der Waals surface area contributed by atoms with Crippen molar-refractivity contribution in [1.82, 2.24) is 4.31 Å². The Bertz CT molecular complexity index is 600. The lowest BCUT2D eigenvalue weighted by Crippen LogP contribution is -2.38. The second-order valence-electron chi connectivity index (χ2n) is 6.11. The molecule has 4 nitrogen and oxygen atoms in total. The maximum absolute atomic E-state index is 12.8. The summed E-state index contributed by atoms with van der Waals surface area (Å²) in [7, 11) is -3.37. The van der Waals surface area contributed by atoms with Crippen molar-refractivity contribution in [3.05, 3.63) is 29.8 Å². The van der Waals surface area contributed by atoms with Crippen LogP contribution in [0.3, 0.4) is 0 Å². The van der Waals surface area contributed by atoms with E-state index in [1.165, 1.54) is 0 Å². The topological polar surface area (TPSA) is 63.4 Å². The molecule has 0 aromatic heterocycles. The van der Waals surface area contributed by atoms with Gasteiger partial charge in [0, 0.05) is 19.1 Å². The number of nitrogens with two attached hydrogens (primary N) is 1. The number of benzene rings is 1. The lowest BCUT2D eigenvalue weighted by molar-refractivity contribution is 0.260. The van der Waals surface area contributed by atoms with Crippen LogP contribution in [-0.4, -0.2) is 31.9 Å². The summed E-state index contributed by atoms with van der Waals surface area (Å²) in [5.41, 5.74) is 6.98. The molecular weight excluding hydrogens is 272 g/mol. The molecule has 0 bridgehead atoms. The minimum atomic E-state index is -3.37. The monoisotopic (exact) mass is 294 g/mol. The lowest BCUT2D eigenvalue weighted by atomic mass is 9.78. The third-order valence-corrected chi connectivity index (χ3v) is 6.82. The zero-order valence-corrected chi connectivity index (χ0v) is 12.6. The van der Waals surface area contributed by atoms with Gasteiger partial charge in [0.2, 0.25) is 10.0 Å². The fraction of sp³-hybridized carbons (Fsp3) is 0.600. The number of sulfonamides is 1. The van der Waals surface area contributed by atoms with Gasteiger partial charge in [-0.1, -0.05) is 24.6 Å². The van der Waals surface area contributed by atoms with Crippen molar-refractivity contribution >= 4 is 10.0 Å². The Morgan fingerprint density at radius 2 is 1.95 bits per heavy atom. The largest absolute Gasteiger partial charge is 0.327 e. The third-order valence-electron chi connectivity index (χ3n) is 4.83. The molecule has 0 radical (unpaired) electrons. The molecule has 1 saturated carbocycles. The molecule has 110 valence electrons. The highest BCUT2D eigenvalue weighted by Crippen LogP contribution is 2.38. The van der Waals surface area contributed by atoms with Crippen LogP contribution in [0.4, 0.5) is 0 Å². The van der Waals surface area contributed by atoms with Crippen molar-refractivity contribution < 1.29 is 8.42 Å². The average Bonchev–Trinajstić information content (AvgIpc) is 2.85. The molecule has 1 aliphatic heterocycles. The Balaban J connectivity index is 1.89. The fourth-order valence-electron chi connectivity index (χ4n) is 3.66. The molecule has 1 heterocycles. The van der Waals surface area contributed by atoms with Crippen molar-refractivity contribution in [2.75, 3.05) is 13.1 Å². The molecule has 3 atom stereocenters. The van der Waals surface area contributed by atoms with E-state index in [9.17, 15) is 8.42 Å². The number of rotatable bonds is 2. The third kappa shape index (κ3) is 2.28. The van der Waals surface area contributed by atoms with Gasteiger partial charge in [-0.15, -0.1) is 0 Å². The van der Waals surface area contributed by atoms with Gasteiger partial charge in [-0.2, -0.15) is 4.31 Å². The first-order valence-electron chi connectivity index (χ1n) is 7.31. The normalized spacial score (nSPS) is 31.2. The highest BCUT2D eigenvalue weighted by atomic mass is 32.2. The molecule has 5 heteroatoms. The molecule has 1 aromatic rings. The molecule has 2 N–H and O–H groups in total. The van der Waals surface area contributed by atoms with Crippen molar-refractivity contribution in [3.63, 3.8) is 0 Å². The Morgan fingerprint density at radius 3 is 2.65 bits per heavy atom. The van der Waals surface area contributed by atoms with Crippen molar-refractivity contribution in [2.45, 2.75) is 37.1 Å². The summed E-state index contributed by atoms with van der Waals surface area (Å²) in [6.45, 7) is 3.07. The van der Waals surface area contributed by atoms with Crippen LogP contribution in [0.1, 0.15) is 24.8 Å². The van der Waals surface area contributed by atoms with E-state index in [4.69, 9.17) is 5.73 Å². The molecule has 1 aliphatic carbocycles. The van der Waals surface area contributed by atoms with Gasteiger partial charge in [0.1, 0.15) is 0 Å². The van der Waals surface area contributed by atoms with Gasteiger partial charge < -0.3 is 5.73 Å². The van der Waals surface area contributed by atoms with Gasteiger partial charge in [0.15, 0.2) is 0 Å². The first kappa shape index (κ1) is 14.0. The van der Waals surface area contributed by atoms with E-state index in [2.05, 4.69) is 0 Å². The van der Waals surface area contributed by atoms with E-state index in [0.717, 1.165) is 24.8 Å². The van der Waals surface area contributed by atoms with Crippen LogP contribution < -0.4 is 5.73 Å². The zero-order valence-electron chi connectivity index (χ0n) is 11.8. The molecule has 0 spiro atoms. The molecule has 3 unspecified atom stereocenters. The smallest absolute Gasteiger partial charge is 0.243 e. The SMILES string of the molecule is Cc1ccccc1S(=O)(=O)N1CC2CCCC(N)C2C1. The molecule has 1 saturated heterocycles. The molecule has 0 amide bonds. The van der Waals surface area contributed by atoms with Gasteiger partial charge >= 0.3 is 0 Å². The molecular formula is C15H22N2O2S. The summed E-state index contributed by atoms with van der Waals surface area (Å²) in [5.74, 6) is 0.778. The number of nitrogens with zero attached hydrogens (tertiary/aromatic N) is 1. The first-order chi connectivity index (χ1) is 9.50. The number of hydrogen-bond donors (Lipinski definition) is 1. The van der Waals surface area contributed by atoms with E-state index in [0.29, 0.717) is 29.8 Å². The van der Waals surface area contributed by atoms with Gasteiger partial charge in [-0.05, 0) is 43.2 Å². The zero-order chi connectivity index (χ0) is 14.3. The average molecular weight is 294 g/mol. The van der Waals surface area contributed by atoms with Crippen molar-refractivity contribution in [1.29, 1.82) is 0 Å². The van der Waals surface area contributed by atoms with Crippen LogP contribution in [0.15, 0.2) is 29.2 Å². The second kappa shape index (κ2) is 5.13. The lowest BCUT2D eigenvalue weighted by Gasteiger charge is -2.29. The summed E-state index contributed by atoms with van der Waals surface area (Å²) >= 11 is 0. The maximum atomic E-state index is 12.8. The van der Waals surface area contributed by atoms with Crippen LogP contribution in [0.25, 0.3) is 0 Å². The summed E-state index contributed by atoms with van der Waals surface area (Å²) in [6, 6.07) is 7.36. The first-order valence-corrected chi connectivity index (χ1v) is 8.75. The Morgan fingerprint density at radius 1 is 1.20 bits per heavy atom. The predicted molar refractivity (Wildman–Crippen MR) is 78.7 cm³/mol. The standard InChI is InChI=1S/C15H22N2O2S/c1-11-5-2-3-8-15(11)20(18,19)17-9-12-6-4-7-14(16)13(12)10-17/h2-3,5,8,12-14H,4,6-7,9-10,16H2,1H3. The van der Waals surface area contributed by atoms with Gasteiger partial charge in [0.25, 0.3) is 0 Å². The van der Waals surface area contributed by atoms with Crippen molar-refractivity contribution in [3.8, 4) is 0 Å². The van der Waals surface area contributed by atoms with E-state index in [-0.39, 0.29) is 6.04 Å². The highest BCUT2D eigenvalue weighted by molar-refractivity contribution is 7.89. The van der Waals surface area contributed by atoms with E-state index < -0.39 is 10.0 Å². The molecule has 1 aromatic carbocycles. The second-order valence-corrected chi connectivity index (χ2v) is 8.01. The minimum Gasteiger partial charge on any atom is -0.327 e. The molecule has 2 fully saturated rings. The van der Waals surface area contributed by atoms with Crippen molar-refractivity contribution in [2.24, 2.45) is 17.6 Å². The van der Waals surface area contributed by atoms with E-state index >= 15 is 0 Å². The molecule has 20 heavy (non-hydrogen) atoms. The number of hydrogen-bond acceptors (Lipinski definition) is 3. The molecule has 3 rings (SSSR count). The van der Waals surface area contributed by atoms with Gasteiger partial charge in [-0.25, -0.2) is 8.42 Å². The fourth-order valence-corrected chi connectivity index (χ4v) is 5.42.